The molecule has 2 aliphatic heterocycles. The largest absolute Gasteiger partial charge is 0.459 e. The smallest absolute Gasteiger partial charge is 0.338 e. The second kappa shape index (κ2) is 7.66. The van der Waals surface area contributed by atoms with Gasteiger partial charge in [-0.25, -0.2) is 9.59 Å². The number of amides is 2. The molecule has 1 fully saturated rings. The highest BCUT2D eigenvalue weighted by atomic mass is 79.9. The maximum atomic E-state index is 13.1. The zero-order valence-electron chi connectivity index (χ0n) is 15.8. The Kier molecular flexibility index (Phi) is 5.23. The van der Waals surface area contributed by atoms with Crippen molar-refractivity contribution in [2.75, 3.05) is 6.79 Å². The van der Waals surface area contributed by atoms with Crippen LogP contribution in [0.1, 0.15) is 51.1 Å². The third kappa shape index (κ3) is 3.70. The Balaban J connectivity index is 1.64. The SMILES string of the molecule is CC1=C(C(=O)O[C@@H]2CCC[C@H](C)C2)[C@@H](c2cc3c(cc2Br)OCO3)NC(=O)N1. The van der Waals surface area contributed by atoms with E-state index in [1.165, 1.54) is 6.42 Å². The highest BCUT2D eigenvalue weighted by molar-refractivity contribution is 9.10. The van der Waals surface area contributed by atoms with Crippen LogP contribution in [0.5, 0.6) is 11.5 Å². The fourth-order valence-corrected chi connectivity index (χ4v) is 4.60. The van der Waals surface area contributed by atoms with Crippen LogP contribution in [0.4, 0.5) is 4.79 Å². The van der Waals surface area contributed by atoms with Crippen molar-refractivity contribution in [1.29, 1.82) is 0 Å². The molecular weight excluding hydrogens is 428 g/mol. The van der Waals surface area contributed by atoms with Gasteiger partial charge in [0.05, 0.1) is 11.6 Å². The Morgan fingerprint density at radius 3 is 2.75 bits per heavy atom. The van der Waals surface area contributed by atoms with Gasteiger partial charge in [-0.1, -0.05) is 29.3 Å². The molecule has 1 aromatic carbocycles. The number of fused-ring (bicyclic) bond motifs is 1. The van der Waals surface area contributed by atoms with Gasteiger partial charge in [0, 0.05) is 10.2 Å². The predicted molar refractivity (Wildman–Crippen MR) is 105 cm³/mol. The average molecular weight is 451 g/mol. The molecule has 3 aliphatic rings. The van der Waals surface area contributed by atoms with Gasteiger partial charge < -0.3 is 24.8 Å². The maximum absolute atomic E-state index is 13.1. The summed E-state index contributed by atoms with van der Waals surface area (Å²) in [6, 6.07) is 2.56. The molecule has 1 saturated carbocycles. The van der Waals surface area contributed by atoms with Gasteiger partial charge in [0.15, 0.2) is 11.5 Å². The number of halogens is 1. The molecule has 8 heteroatoms. The van der Waals surface area contributed by atoms with E-state index in [4.69, 9.17) is 14.2 Å². The molecule has 3 atom stereocenters. The lowest BCUT2D eigenvalue weighted by atomic mass is 9.88. The van der Waals surface area contributed by atoms with Crippen molar-refractivity contribution < 1.29 is 23.8 Å². The summed E-state index contributed by atoms with van der Waals surface area (Å²) in [7, 11) is 0. The summed E-state index contributed by atoms with van der Waals surface area (Å²) in [4.78, 5) is 25.2. The summed E-state index contributed by atoms with van der Waals surface area (Å²) in [6.07, 6.45) is 3.88. The van der Waals surface area contributed by atoms with Gasteiger partial charge in [0.1, 0.15) is 6.10 Å². The molecule has 2 amide bonds. The quantitative estimate of drug-likeness (QED) is 0.681. The number of esters is 1. The van der Waals surface area contributed by atoms with E-state index in [1.807, 2.05) is 0 Å². The van der Waals surface area contributed by atoms with E-state index in [1.54, 1.807) is 19.1 Å². The van der Waals surface area contributed by atoms with Crippen molar-refractivity contribution in [2.45, 2.75) is 51.7 Å². The maximum Gasteiger partial charge on any atom is 0.338 e. The van der Waals surface area contributed by atoms with Gasteiger partial charge in [-0.05, 0) is 49.8 Å². The van der Waals surface area contributed by atoms with Crippen molar-refractivity contribution in [1.82, 2.24) is 10.6 Å². The molecule has 2 heterocycles. The first kappa shape index (κ1) is 19.1. The Hall–Kier alpha value is -2.22. The minimum atomic E-state index is -0.647. The van der Waals surface area contributed by atoms with Crippen LogP contribution in [-0.4, -0.2) is 24.9 Å². The molecule has 0 aromatic heterocycles. The molecule has 28 heavy (non-hydrogen) atoms. The molecule has 0 bridgehead atoms. The van der Waals surface area contributed by atoms with Crippen molar-refractivity contribution in [2.24, 2.45) is 5.92 Å². The van der Waals surface area contributed by atoms with Crippen LogP contribution in [0.2, 0.25) is 0 Å². The van der Waals surface area contributed by atoms with Gasteiger partial charge in [-0.2, -0.15) is 0 Å². The van der Waals surface area contributed by atoms with Crippen molar-refractivity contribution >= 4 is 27.9 Å². The monoisotopic (exact) mass is 450 g/mol. The highest BCUT2D eigenvalue weighted by Gasteiger charge is 2.36. The van der Waals surface area contributed by atoms with Gasteiger partial charge in [0.2, 0.25) is 6.79 Å². The van der Waals surface area contributed by atoms with E-state index >= 15 is 0 Å². The number of hydrogen-bond donors (Lipinski definition) is 2. The molecule has 150 valence electrons. The van der Waals surface area contributed by atoms with Gasteiger partial charge in [-0.15, -0.1) is 0 Å². The third-order valence-electron chi connectivity index (χ3n) is 5.45. The second-order valence-electron chi connectivity index (χ2n) is 7.60. The third-order valence-corrected chi connectivity index (χ3v) is 6.14. The zero-order valence-corrected chi connectivity index (χ0v) is 17.4. The number of carbonyl (C=O) groups excluding carboxylic acids is 2. The minimum Gasteiger partial charge on any atom is -0.459 e. The lowest BCUT2D eigenvalue weighted by molar-refractivity contribution is -0.146. The molecule has 1 aliphatic carbocycles. The number of allylic oxidation sites excluding steroid dienone is 1. The number of hydrogen-bond acceptors (Lipinski definition) is 5. The first-order valence-corrected chi connectivity index (χ1v) is 10.3. The Bertz CT molecular complexity index is 853. The lowest BCUT2D eigenvalue weighted by Gasteiger charge is -2.31. The first-order valence-electron chi connectivity index (χ1n) is 9.50. The summed E-state index contributed by atoms with van der Waals surface area (Å²) < 4.78 is 17.4. The van der Waals surface area contributed by atoms with E-state index in [0.29, 0.717) is 38.7 Å². The Morgan fingerprint density at radius 2 is 2.00 bits per heavy atom. The van der Waals surface area contributed by atoms with Crippen LogP contribution in [0, 0.1) is 5.92 Å². The molecule has 0 spiro atoms. The molecule has 0 unspecified atom stereocenters. The van der Waals surface area contributed by atoms with E-state index < -0.39 is 12.0 Å². The molecule has 4 rings (SSSR count). The van der Waals surface area contributed by atoms with Crippen LogP contribution in [0.15, 0.2) is 27.9 Å². The van der Waals surface area contributed by atoms with Gasteiger partial charge in [0.25, 0.3) is 0 Å². The van der Waals surface area contributed by atoms with Crippen molar-refractivity contribution in [3.63, 3.8) is 0 Å². The summed E-state index contributed by atoms with van der Waals surface area (Å²) in [5, 5.41) is 5.52. The predicted octanol–water partition coefficient (Wildman–Crippen LogP) is 3.93. The van der Waals surface area contributed by atoms with Gasteiger partial charge in [-0.3, -0.25) is 0 Å². The Morgan fingerprint density at radius 1 is 1.25 bits per heavy atom. The molecule has 7 nitrogen and oxygen atoms in total. The lowest BCUT2D eigenvalue weighted by Crippen LogP contribution is -2.45. The molecule has 2 N–H and O–H groups in total. The number of benzene rings is 1. The average Bonchev–Trinajstić information content (AvgIpc) is 3.07. The first-order chi connectivity index (χ1) is 13.4. The number of urea groups is 1. The number of carbonyl (C=O) groups is 2. The summed E-state index contributed by atoms with van der Waals surface area (Å²) in [6.45, 7) is 4.04. The van der Waals surface area contributed by atoms with Crippen LogP contribution in [-0.2, 0) is 9.53 Å². The van der Waals surface area contributed by atoms with E-state index in [0.717, 1.165) is 19.3 Å². The normalized spacial score (nSPS) is 26.5. The van der Waals surface area contributed by atoms with Gasteiger partial charge >= 0.3 is 12.0 Å². The summed E-state index contributed by atoms with van der Waals surface area (Å²) in [5.74, 6) is 1.35. The van der Waals surface area contributed by atoms with E-state index in [9.17, 15) is 9.59 Å². The second-order valence-corrected chi connectivity index (χ2v) is 8.45. The fraction of sp³-hybridized carbons (Fsp3) is 0.500. The number of rotatable bonds is 3. The summed E-state index contributed by atoms with van der Waals surface area (Å²) >= 11 is 3.53. The highest BCUT2D eigenvalue weighted by Crippen LogP contribution is 2.41. The number of nitrogens with one attached hydrogen (secondary N) is 2. The molecule has 0 radical (unpaired) electrons. The van der Waals surface area contributed by atoms with Crippen LogP contribution < -0.4 is 20.1 Å². The minimum absolute atomic E-state index is 0.0879. The van der Waals surface area contributed by atoms with Crippen LogP contribution in [0.3, 0.4) is 0 Å². The molecule has 1 aromatic rings. The number of ether oxygens (including phenoxy) is 3. The fourth-order valence-electron chi connectivity index (χ4n) is 4.05. The summed E-state index contributed by atoms with van der Waals surface area (Å²) in [5.41, 5.74) is 1.60. The molecule has 0 saturated heterocycles. The zero-order chi connectivity index (χ0) is 19.8. The standard InChI is InChI=1S/C20H23BrN2O5/c1-10-4-3-5-12(6-10)28-19(24)17-11(2)22-20(25)23-18(17)13-7-15-16(8-14(13)21)27-9-26-15/h7-8,10,12,18H,3-6,9H2,1-2H3,(H2,22,23,25)/t10-,12+,18+/m0/s1. The van der Waals surface area contributed by atoms with Crippen LogP contribution in [0.25, 0.3) is 0 Å². The van der Waals surface area contributed by atoms with Crippen molar-refractivity contribution in [3.05, 3.63) is 33.4 Å². The topological polar surface area (TPSA) is 85.9 Å². The molecular formula is C20H23BrN2O5. The van der Waals surface area contributed by atoms with E-state index in [2.05, 4.69) is 33.5 Å². The van der Waals surface area contributed by atoms with E-state index in [-0.39, 0.29) is 18.9 Å². The van der Waals surface area contributed by atoms with Crippen molar-refractivity contribution in [3.8, 4) is 11.5 Å². The van der Waals surface area contributed by atoms with Crippen LogP contribution >= 0.6 is 15.9 Å². The Labute approximate surface area is 171 Å².